The van der Waals surface area contributed by atoms with Gasteiger partial charge in [-0.05, 0) is 45.0 Å². The standard InChI is InChI=1S/C15H26N2O3S/c1-5-13(6-2)17-21(18,19)14-8-9-15(20-7-3)12(10-14)11-16-4/h8-10,13,16-17H,5-7,11H2,1-4H3. The summed E-state index contributed by atoms with van der Waals surface area (Å²) in [7, 11) is -1.67. The van der Waals surface area contributed by atoms with E-state index in [9.17, 15) is 8.42 Å². The fraction of sp³-hybridized carbons (Fsp3) is 0.600. The van der Waals surface area contributed by atoms with Gasteiger partial charge < -0.3 is 10.1 Å². The Labute approximate surface area is 128 Å². The summed E-state index contributed by atoms with van der Waals surface area (Å²) in [5.74, 6) is 0.716. The first-order valence-corrected chi connectivity index (χ1v) is 8.89. The van der Waals surface area contributed by atoms with Crippen molar-refractivity contribution in [2.75, 3.05) is 13.7 Å². The monoisotopic (exact) mass is 314 g/mol. The molecule has 0 heterocycles. The van der Waals surface area contributed by atoms with Gasteiger partial charge in [0.15, 0.2) is 0 Å². The minimum Gasteiger partial charge on any atom is -0.494 e. The largest absolute Gasteiger partial charge is 0.494 e. The number of sulfonamides is 1. The van der Waals surface area contributed by atoms with Gasteiger partial charge in [0.1, 0.15) is 5.75 Å². The van der Waals surface area contributed by atoms with Crippen LogP contribution in [0.15, 0.2) is 23.1 Å². The number of rotatable bonds is 9. The second-order valence-corrected chi connectivity index (χ2v) is 6.58. The minimum atomic E-state index is -3.49. The van der Waals surface area contributed by atoms with Crippen LogP contribution in [0.3, 0.4) is 0 Å². The molecule has 1 rings (SSSR count). The van der Waals surface area contributed by atoms with Crippen LogP contribution < -0.4 is 14.8 Å². The zero-order chi connectivity index (χ0) is 15.9. The first kappa shape index (κ1) is 17.9. The summed E-state index contributed by atoms with van der Waals surface area (Å²) < 4.78 is 33.1. The fourth-order valence-electron chi connectivity index (χ4n) is 2.09. The molecule has 5 nitrogen and oxygen atoms in total. The van der Waals surface area contributed by atoms with E-state index in [1.54, 1.807) is 18.2 Å². The number of nitrogens with one attached hydrogen (secondary N) is 2. The third-order valence-corrected chi connectivity index (χ3v) is 4.83. The van der Waals surface area contributed by atoms with Gasteiger partial charge in [0.2, 0.25) is 10.0 Å². The molecule has 0 fully saturated rings. The molecule has 0 saturated heterocycles. The Morgan fingerprint density at radius 2 is 1.86 bits per heavy atom. The molecule has 0 saturated carbocycles. The summed E-state index contributed by atoms with van der Waals surface area (Å²) in [5.41, 5.74) is 0.840. The van der Waals surface area contributed by atoms with Crippen molar-refractivity contribution in [3.63, 3.8) is 0 Å². The molecule has 0 aromatic heterocycles. The molecule has 0 aliphatic rings. The molecule has 0 aliphatic heterocycles. The van der Waals surface area contributed by atoms with Crippen LogP contribution in [0.25, 0.3) is 0 Å². The van der Waals surface area contributed by atoms with Gasteiger partial charge in [-0.2, -0.15) is 0 Å². The molecular formula is C15H26N2O3S. The van der Waals surface area contributed by atoms with Crippen molar-refractivity contribution < 1.29 is 13.2 Å². The van der Waals surface area contributed by atoms with Gasteiger partial charge in [0.05, 0.1) is 11.5 Å². The van der Waals surface area contributed by atoms with Gasteiger partial charge in [-0.1, -0.05) is 13.8 Å². The number of hydrogen-bond donors (Lipinski definition) is 2. The van der Waals surface area contributed by atoms with Crippen LogP contribution in [-0.2, 0) is 16.6 Å². The predicted molar refractivity (Wildman–Crippen MR) is 85.1 cm³/mol. The highest BCUT2D eigenvalue weighted by Gasteiger charge is 2.19. The van der Waals surface area contributed by atoms with E-state index in [1.165, 1.54) is 0 Å². The van der Waals surface area contributed by atoms with Gasteiger partial charge in [-0.3, -0.25) is 0 Å². The van der Waals surface area contributed by atoms with Crippen molar-refractivity contribution in [3.8, 4) is 5.75 Å². The lowest BCUT2D eigenvalue weighted by Crippen LogP contribution is -2.33. The van der Waals surface area contributed by atoms with E-state index in [-0.39, 0.29) is 10.9 Å². The molecule has 0 spiro atoms. The van der Waals surface area contributed by atoms with Gasteiger partial charge in [-0.25, -0.2) is 13.1 Å². The smallest absolute Gasteiger partial charge is 0.240 e. The average molecular weight is 314 g/mol. The summed E-state index contributed by atoms with van der Waals surface area (Å²) in [6.45, 7) is 6.96. The molecule has 0 atom stereocenters. The molecule has 120 valence electrons. The molecular weight excluding hydrogens is 288 g/mol. The van der Waals surface area contributed by atoms with Crippen molar-refractivity contribution in [2.45, 2.75) is 51.1 Å². The molecule has 6 heteroatoms. The van der Waals surface area contributed by atoms with E-state index in [0.717, 1.165) is 18.4 Å². The van der Waals surface area contributed by atoms with Crippen molar-refractivity contribution in [2.24, 2.45) is 0 Å². The first-order valence-electron chi connectivity index (χ1n) is 7.41. The molecule has 0 bridgehead atoms. The Morgan fingerprint density at radius 1 is 1.19 bits per heavy atom. The van der Waals surface area contributed by atoms with E-state index in [1.807, 2.05) is 27.8 Å². The molecule has 1 aromatic carbocycles. The van der Waals surface area contributed by atoms with Crippen molar-refractivity contribution in [3.05, 3.63) is 23.8 Å². The van der Waals surface area contributed by atoms with E-state index < -0.39 is 10.0 Å². The summed E-state index contributed by atoms with van der Waals surface area (Å²) in [6, 6.07) is 4.95. The van der Waals surface area contributed by atoms with Crippen LogP contribution in [0.1, 0.15) is 39.2 Å². The van der Waals surface area contributed by atoms with Crippen molar-refractivity contribution in [1.29, 1.82) is 0 Å². The second kappa shape index (κ2) is 8.36. The Bertz CT molecular complexity index is 540. The summed E-state index contributed by atoms with van der Waals surface area (Å²) in [6.07, 6.45) is 1.55. The molecule has 0 unspecified atom stereocenters. The number of ether oxygens (including phenoxy) is 1. The Hall–Kier alpha value is -1.11. The Kier molecular flexibility index (Phi) is 7.14. The highest BCUT2D eigenvalue weighted by molar-refractivity contribution is 7.89. The second-order valence-electron chi connectivity index (χ2n) is 4.87. The quantitative estimate of drug-likeness (QED) is 0.734. The zero-order valence-corrected chi connectivity index (χ0v) is 14.1. The van der Waals surface area contributed by atoms with Gasteiger partial charge in [0.25, 0.3) is 0 Å². The summed E-state index contributed by atoms with van der Waals surface area (Å²) in [4.78, 5) is 0.281. The predicted octanol–water partition coefficient (Wildman–Crippen LogP) is 2.27. The van der Waals surface area contributed by atoms with Crippen LogP contribution in [0, 0.1) is 0 Å². The van der Waals surface area contributed by atoms with Crippen LogP contribution in [0.2, 0.25) is 0 Å². The van der Waals surface area contributed by atoms with Gasteiger partial charge in [-0.15, -0.1) is 0 Å². The highest BCUT2D eigenvalue weighted by Crippen LogP contribution is 2.23. The van der Waals surface area contributed by atoms with Crippen LogP contribution >= 0.6 is 0 Å². The van der Waals surface area contributed by atoms with Crippen molar-refractivity contribution >= 4 is 10.0 Å². The lowest BCUT2D eigenvalue weighted by atomic mass is 10.2. The van der Waals surface area contributed by atoms with E-state index in [0.29, 0.717) is 18.9 Å². The van der Waals surface area contributed by atoms with Crippen LogP contribution in [0.4, 0.5) is 0 Å². The molecule has 0 aliphatic carbocycles. The highest BCUT2D eigenvalue weighted by atomic mass is 32.2. The lowest BCUT2D eigenvalue weighted by Gasteiger charge is -2.16. The van der Waals surface area contributed by atoms with Gasteiger partial charge >= 0.3 is 0 Å². The SMILES string of the molecule is CCOc1ccc(S(=O)(=O)NC(CC)CC)cc1CNC. The fourth-order valence-corrected chi connectivity index (χ4v) is 3.54. The Balaban J connectivity index is 3.09. The molecule has 1 aromatic rings. The average Bonchev–Trinajstić information content (AvgIpc) is 2.47. The Morgan fingerprint density at radius 3 is 2.38 bits per heavy atom. The minimum absolute atomic E-state index is 0.0330. The maximum Gasteiger partial charge on any atom is 0.240 e. The van der Waals surface area contributed by atoms with E-state index >= 15 is 0 Å². The molecule has 0 amide bonds. The number of benzene rings is 1. The lowest BCUT2D eigenvalue weighted by molar-refractivity contribution is 0.335. The topological polar surface area (TPSA) is 67.4 Å². The molecule has 2 N–H and O–H groups in total. The van der Waals surface area contributed by atoms with E-state index in [4.69, 9.17) is 4.74 Å². The van der Waals surface area contributed by atoms with E-state index in [2.05, 4.69) is 10.0 Å². The summed E-state index contributed by atoms with van der Waals surface area (Å²) in [5, 5.41) is 3.03. The third kappa shape index (κ3) is 4.98. The maximum atomic E-state index is 12.4. The zero-order valence-electron chi connectivity index (χ0n) is 13.3. The van der Waals surface area contributed by atoms with Gasteiger partial charge in [0, 0.05) is 18.2 Å². The van der Waals surface area contributed by atoms with Crippen molar-refractivity contribution in [1.82, 2.24) is 10.0 Å². The third-order valence-electron chi connectivity index (χ3n) is 3.32. The maximum absolute atomic E-state index is 12.4. The first-order chi connectivity index (χ1) is 9.98. The summed E-state index contributed by atoms with van der Waals surface area (Å²) >= 11 is 0. The normalized spacial score (nSPS) is 11.9. The number of hydrogen-bond acceptors (Lipinski definition) is 4. The molecule has 0 radical (unpaired) electrons. The van der Waals surface area contributed by atoms with Crippen LogP contribution in [0.5, 0.6) is 5.75 Å². The van der Waals surface area contributed by atoms with Crippen LogP contribution in [-0.4, -0.2) is 28.1 Å². The molecule has 21 heavy (non-hydrogen) atoms.